The van der Waals surface area contributed by atoms with E-state index in [1.807, 2.05) is 18.0 Å². The number of halogens is 1. The maximum atomic E-state index is 10.9. The molecule has 1 atom stereocenters. The fraction of sp³-hybridized carbons (Fsp3) is 0.308. The Kier molecular flexibility index (Phi) is 3.85. The number of aromatic nitrogens is 2. The van der Waals surface area contributed by atoms with Crippen LogP contribution in [0.4, 0.5) is 5.82 Å². The Labute approximate surface area is 115 Å². The molecule has 100 valence electrons. The number of carboxylic acids is 1. The summed E-state index contributed by atoms with van der Waals surface area (Å²) in [5, 5.41) is 10.4. The lowest BCUT2D eigenvalue weighted by molar-refractivity contribution is -0.140. The predicted molar refractivity (Wildman–Crippen MR) is 74.6 cm³/mol. The lowest BCUT2D eigenvalue weighted by atomic mass is 10.1. The van der Waals surface area contributed by atoms with Crippen molar-refractivity contribution in [3.63, 3.8) is 0 Å². The number of carbonyl (C=O) groups is 1. The molecule has 0 aliphatic carbocycles. The van der Waals surface area contributed by atoms with Gasteiger partial charge in [0.25, 0.3) is 0 Å². The number of rotatable bonds is 4. The molecule has 2 rings (SSSR count). The van der Waals surface area contributed by atoms with Gasteiger partial charge in [0, 0.05) is 24.0 Å². The summed E-state index contributed by atoms with van der Waals surface area (Å²) in [5.74, 6) is -0.592. The molecule has 1 unspecified atom stereocenters. The second-order valence-electron chi connectivity index (χ2n) is 4.48. The number of fused-ring (bicyclic) bond motifs is 1. The van der Waals surface area contributed by atoms with Gasteiger partial charge in [-0.15, -0.1) is 0 Å². The van der Waals surface area contributed by atoms with Crippen LogP contribution < -0.4 is 4.90 Å². The molecule has 6 heteroatoms. The standard InChI is InChI=1S/C13H14ClN3O2/c1-8(13(18)19)6-17(2)12-10-4-3-9(14)5-11(10)15-7-16-12/h3-5,7-8H,6H2,1-2H3,(H,18,19). The van der Waals surface area contributed by atoms with Gasteiger partial charge in [0.15, 0.2) is 0 Å². The highest BCUT2D eigenvalue weighted by Crippen LogP contribution is 2.25. The molecule has 0 radical (unpaired) electrons. The molecule has 1 heterocycles. The van der Waals surface area contributed by atoms with Crippen LogP contribution in [0.3, 0.4) is 0 Å². The Hall–Kier alpha value is -1.88. The summed E-state index contributed by atoms with van der Waals surface area (Å²) < 4.78 is 0. The van der Waals surface area contributed by atoms with Crippen molar-refractivity contribution in [2.24, 2.45) is 5.92 Å². The van der Waals surface area contributed by atoms with Gasteiger partial charge >= 0.3 is 5.97 Å². The van der Waals surface area contributed by atoms with Crippen LogP contribution in [-0.4, -0.2) is 34.6 Å². The Balaban J connectivity index is 2.36. The summed E-state index contributed by atoms with van der Waals surface area (Å²) in [6, 6.07) is 5.37. The fourth-order valence-electron chi connectivity index (χ4n) is 1.90. The van der Waals surface area contributed by atoms with E-state index in [1.165, 1.54) is 6.33 Å². The molecular weight excluding hydrogens is 266 g/mol. The van der Waals surface area contributed by atoms with Crippen molar-refractivity contribution in [3.05, 3.63) is 29.5 Å². The van der Waals surface area contributed by atoms with Gasteiger partial charge in [-0.2, -0.15) is 0 Å². The SMILES string of the molecule is CC(CN(C)c1ncnc2cc(Cl)ccc12)C(=O)O. The summed E-state index contributed by atoms with van der Waals surface area (Å²) in [7, 11) is 1.82. The van der Waals surface area contributed by atoms with E-state index < -0.39 is 11.9 Å². The first-order chi connectivity index (χ1) is 8.99. The lowest BCUT2D eigenvalue weighted by Crippen LogP contribution is -2.29. The predicted octanol–water partition coefficient (Wildman–Crippen LogP) is 2.44. The van der Waals surface area contributed by atoms with Gasteiger partial charge in [0.1, 0.15) is 12.1 Å². The smallest absolute Gasteiger partial charge is 0.308 e. The summed E-state index contributed by atoms with van der Waals surface area (Å²) in [4.78, 5) is 21.1. The van der Waals surface area contributed by atoms with Crippen molar-refractivity contribution in [3.8, 4) is 0 Å². The number of hydrogen-bond donors (Lipinski definition) is 1. The second-order valence-corrected chi connectivity index (χ2v) is 4.91. The van der Waals surface area contributed by atoms with Crippen LogP contribution in [0.25, 0.3) is 10.9 Å². The molecule has 0 fully saturated rings. The molecular formula is C13H14ClN3O2. The van der Waals surface area contributed by atoms with Crippen LogP contribution in [0.1, 0.15) is 6.92 Å². The number of benzene rings is 1. The largest absolute Gasteiger partial charge is 0.481 e. The van der Waals surface area contributed by atoms with E-state index in [1.54, 1.807) is 19.1 Å². The highest BCUT2D eigenvalue weighted by Gasteiger charge is 2.16. The number of carboxylic acid groups (broad SMARTS) is 1. The third kappa shape index (κ3) is 2.93. The van der Waals surface area contributed by atoms with E-state index >= 15 is 0 Å². The summed E-state index contributed by atoms with van der Waals surface area (Å²) in [5.41, 5.74) is 0.743. The first kappa shape index (κ1) is 13.5. The van der Waals surface area contributed by atoms with Crippen LogP contribution in [0.5, 0.6) is 0 Å². The average Bonchev–Trinajstić information content (AvgIpc) is 2.37. The summed E-state index contributed by atoms with van der Waals surface area (Å²) in [6.45, 7) is 2.04. The van der Waals surface area contributed by atoms with Crippen molar-refractivity contribution in [1.82, 2.24) is 9.97 Å². The maximum Gasteiger partial charge on any atom is 0.308 e. The van der Waals surface area contributed by atoms with Gasteiger partial charge in [0.05, 0.1) is 11.4 Å². The van der Waals surface area contributed by atoms with Crippen LogP contribution in [0.2, 0.25) is 5.02 Å². The molecule has 1 N–H and O–H groups in total. The average molecular weight is 280 g/mol. The second kappa shape index (κ2) is 5.40. The number of hydrogen-bond acceptors (Lipinski definition) is 4. The van der Waals surface area contributed by atoms with Crippen molar-refractivity contribution < 1.29 is 9.90 Å². The van der Waals surface area contributed by atoms with Gasteiger partial charge in [-0.1, -0.05) is 18.5 Å². The first-order valence-corrected chi connectivity index (χ1v) is 6.21. The Morgan fingerprint density at radius 1 is 1.47 bits per heavy atom. The molecule has 19 heavy (non-hydrogen) atoms. The van der Waals surface area contributed by atoms with E-state index in [2.05, 4.69) is 9.97 Å². The first-order valence-electron chi connectivity index (χ1n) is 5.83. The molecule has 0 aliphatic rings. The van der Waals surface area contributed by atoms with E-state index in [0.29, 0.717) is 17.4 Å². The van der Waals surface area contributed by atoms with Crippen molar-refractivity contribution in [2.75, 3.05) is 18.5 Å². The minimum absolute atomic E-state index is 0.379. The monoisotopic (exact) mass is 279 g/mol. The molecule has 1 aromatic carbocycles. The van der Waals surface area contributed by atoms with Crippen LogP contribution >= 0.6 is 11.6 Å². The fourth-order valence-corrected chi connectivity index (χ4v) is 2.06. The van der Waals surface area contributed by atoms with Crippen LogP contribution in [-0.2, 0) is 4.79 Å². The molecule has 0 saturated carbocycles. The zero-order valence-corrected chi connectivity index (χ0v) is 11.4. The summed E-state index contributed by atoms with van der Waals surface area (Å²) >= 11 is 5.92. The van der Waals surface area contributed by atoms with Gasteiger partial charge in [0.2, 0.25) is 0 Å². The number of nitrogens with zero attached hydrogens (tertiary/aromatic N) is 3. The maximum absolute atomic E-state index is 10.9. The van der Waals surface area contributed by atoms with Gasteiger partial charge < -0.3 is 10.0 Å². The lowest BCUT2D eigenvalue weighted by Gasteiger charge is -2.21. The van der Waals surface area contributed by atoms with E-state index in [4.69, 9.17) is 16.7 Å². The van der Waals surface area contributed by atoms with Crippen molar-refractivity contribution in [2.45, 2.75) is 6.92 Å². The van der Waals surface area contributed by atoms with Gasteiger partial charge in [-0.25, -0.2) is 9.97 Å². The molecule has 0 aliphatic heterocycles. The number of anilines is 1. The van der Waals surface area contributed by atoms with Crippen molar-refractivity contribution in [1.29, 1.82) is 0 Å². The van der Waals surface area contributed by atoms with Crippen molar-refractivity contribution >= 4 is 34.3 Å². The summed E-state index contributed by atoms with van der Waals surface area (Å²) in [6.07, 6.45) is 1.45. The Morgan fingerprint density at radius 3 is 2.89 bits per heavy atom. The zero-order chi connectivity index (χ0) is 14.0. The minimum Gasteiger partial charge on any atom is -0.481 e. The van der Waals surface area contributed by atoms with Gasteiger partial charge in [-0.3, -0.25) is 4.79 Å². The van der Waals surface area contributed by atoms with E-state index in [-0.39, 0.29) is 0 Å². The molecule has 0 spiro atoms. The topological polar surface area (TPSA) is 66.3 Å². The highest BCUT2D eigenvalue weighted by molar-refractivity contribution is 6.31. The molecule has 2 aromatic rings. The third-order valence-corrected chi connectivity index (χ3v) is 3.14. The quantitative estimate of drug-likeness (QED) is 0.931. The molecule has 5 nitrogen and oxygen atoms in total. The molecule has 1 aromatic heterocycles. The Bertz CT molecular complexity index is 618. The number of aliphatic carboxylic acids is 1. The van der Waals surface area contributed by atoms with E-state index in [0.717, 1.165) is 10.9 Å². The third-order valence-electron chi connectivity index (χ3n) is 2.91. The molecule has 0 bridgehead atoms. The van der Waals surface area contributed by atoms with Crippen LogP contribution in [0, 0.1) is 5.92 Å². The minimum atomic E-state index is -0.826. The Morgan fingerprint density at radius 2 is 2.21 bits per heavy atom. The molecule has 0 saturated heterocycles. The zero-order valence-electron chi connectivity index (χ0n) is 10.7. The van der Waals surface area contributed by atoms with Gasteiger partial charge in [-0.05, 0) is 18.2 Å². The normalized spacial score (nSPS) is 12.4. The van der Waals surface area contributed by atoms with E-state index in [9.17, 15) is 4.79 Å². The highest BCUT2D eigenvalue weighted by atomic mass is 35.5. The van der Waals surface area contributed by atoms with Crippen LogP contribution in [0.15, 0.2) is 24.5 Å². The molecule has 0 amide bonds.